The Morgan fingerprint density at radius 1 is 1.28 bits per heavy atom. The van der Waals surface area contributed by atoms with Crippen molar-refractivity contribution < 1.29 is 22.7 Å². The average molecular weight is 261 g/mol. The molecule has 0 aliphatic heterocycles. The van der Waals surface area contributed by atoms with Crippen LogP contribution in [0.2, 0.25) is 0 Å². The van der Waals surface area contributed by atoms with Crippen LogP contribution in [0.3, 0.4) is 0 Å². The lowest BCUT2D eigenvalue weighted by molar-refractivity contribution is -0.137. The van der Waals surface area contributed by atoms with Gasteiger partial charge < -0.3 is 10.1 Å². The zero-order chi connectivity index (χ0) is 13.6. The quantitative estimate of drug-likeness (QED) is 0.827. The van der Waals surface area contributed by atoms with Gasteiger partial charge in [-0.15, -0.1) is 0 Å². The molecule has 0 bridgehead atoms. The lowest BCUT2D eigenvalue weighted by Gasteiger charge is -2.08. The monoisotopic (exact) mass is 261 g/mol. The third kappa shape index (κ3) is 4.37. The number of methoxy groups -OCH3 is 1. The molecule has 6 heteroatoms. The Hall–Kier alpha value is -1.56. The van der Waals surface area contributed by atoms with Crippen molar-refractivity contribution in [2.24, 2.45) is 0 Å². The molecule has 0 radical (unpaired) electrons. The van der Waals surface area contributed by atoms with Gasteiger partial charge in [-0.1, -0.05) is 0 Å². The predicted octanol–water partition coefficient (Wildman–Crippen LogP) is 2.47. The van der Waals surface area contributed by atoms with Crippen LogP contribution in [0.15, 0.2) is 24.3 Å². The molecular weight excluding hydrogens is 247 g/mol. The lowest BCUT2D eigenvalue weighted by Crippen LogP contribution is -2.25. The highest BCUT2D eigenvalue weighted by atomic mass is 19.4. The Kier molecular flexibility index (Phi) is 5.15. The van der Waals surface area contributed by atoms with Crippen LogP contribution in [0.5, 0.6) is 0 Å². The van der Waals surface area contributed by atoms with Crippen LogP contribution in [-0.2, 0) is 10.9 Å². The Balaban J connectivity index is 2.54. The van der Waals surface area contributed by atoms with Gasteiger partial charge in [0.2, 0.25) is 0 Å². The molecule has 0 saturated heterocycles. The standard InChI is InChI=1S/C12H14F3NO2/c1-18-8-2-7-16-11(17)9-3-5-10(6-4-9)12(13,14)15/h3-6H,2,7-8H2,1H3,(H,16,17). The van der Waals surface area contributed by atoms with Gasteiger partial charge in [-0.3, -0.25) is 4.79 Å². The summed E-state index contributed by atoms with van der Waals surface area (Å²) in [7, 11) is 1.55. The van der Waals surface area contributed by atoms with E-state index in [0.29, 0.717) is 19.6 Å². The molecule has 0 saturated carbocycles. The summed E-state index contributed by atoms with van der Waals surface area (Å²) < 4.78 is 41.7. The number of alkyl halides is 3. The highest BCUT2D eigenvalue weighted by Gasteiger charge is 2.30. The number of rotatable bonds is 5. The molecule has 0 aliphatic rings. The zero-order valence-electron chi connectivity index (χ0n) is 9.88. The first-order valence-electron chi connectivity index (χ1n) is 5.39. The van der Waals surface area contributed by atoms with E-state index in [1.165, 1.54) is 0 Å². The molecule has 18 heavy (non-hydrogen) atoms. The molecule has 0 aromatic heterocycles. The number of hydrogen-bond acceptors (Lipinski definition) is 2. The molecule has 3 nitrogen and oxygen atoms in total. The summed E-state index contributed by atoms with van der Waals surface area (Å²) >= 11 is 0. The first kappa shape index (κ1) is 14.5. The van der Waals surface area contributed by atoms with E-state index in [9.17, 15) is 18.0 Å². The Bertz CT molecular complexity index is 387. The van der Waals surface area contributed by atoms with Gasteiger partial charge in [0.15, 0.2) is 0 Å². The fraction of sp³-hybridized carbons (Fsp3) is 0.417. The number of amides is 1. The number of halogens is 3. The van der Waals surface area contributed by atoms with E-state index in [4.69, 9.17) is 4.74 Å². The molecule has 100 valence electrons. The van der Waals surface area contributed by atoms with Crippen molar-refractivity contribution in [2.45, 2.75) is 12.6 Å². The SMILES string of the molecule is COCCCNC(=O)c1ccc(C(F)(F)F)cc1. The number of carbonyl (C=O) groups excluding carboxylic acids is 1. The second kappa shape index (κ2) is 6.39. The summed E-state index contributed by atoms with van der Waals surface area (Å²) in [5, 5.41) is 2.59. The summed E-state index contributed by atoms with van der Waals surface area (Å²) in [5.74, 6) is -0.389. The summed E-state index contributed by atoms with van der Waals surface area (Å²) in [6, 6.07) is 4.11. The van der Waals surface area contributed by atoms with Gasteiger partial charge in [0.25, 0.3) is 5.91 Å². The number of benzene rings is 1. The highest BCUT2D eigenvalue weighted by Crippen LogP contribution is 2.28. The van der Waals surface area contributed by atoms with Crippen molar-refractivity contribution in [3.63, 3.8) is 0 Å². The second-order valence-electron chi connectivity index (χ2n) is 3.68. The third-order valence-corrected chi connectivity index (χ3v) is 2.29. The van der Waals surface area contributed by atoms with Gasteiger partial charge >= 0.3 is 6.18 Å². The Morgan fingerprint density at radius 3 is 2.39 bits per heavy atom. The van der Waals surface area contributed by atoms with E-state index in [1.807, 2.05) is 0 Å². The minimum Gasteiger partial charge on any atom is -0.385 e. The smallest absolute Gasteiger partial charge is 0.385 e. The first-order chi connectivity index (χ1) is 8.45. The second-order valence-corrected chi connectivity index (χ2v) is 3.68. The summed E-state index contributed by atoms with van der Waals surface area (Å²) in [4.78, 5) is 11.5. The molecule has 1 N–H and O–H groups in total. The van der Waals surface area contributed by atoms with Gasteiger partial charge in [0, 0.05) is 25.8 Å². The van der Waals surface area contributed by atoms with Gasteiger partial charge in [-0.05, 0) is 30.7 Å². The predicted molar refractivity (Wildman–Crippen MR) is 60.3 cm³/mol. The molecule has 0 spiro atoms. The molecule has 1 aromatic rings. The Morgan fingerprint density at radius 2 is 1.89 bits per heavy atom. The van der Waals surface area contributed by atoms with E-state index in [0.717, 1.165) is 24.3 Å². The van der Waals surface area contributed by atoms with Gasteiger partial charge in [0.1, 0.15) is 0 Å². The molecule has 0 unspecified atom stereocenters. The van der Waals surface area contributed by atoms with Crippen LogP contribution in [0.4, 0.5) is 13.2 Å². The number of nitrogens with one attached hydrogen (secondary N) is 1. The molecule has 1 rings (SSSR count). The van der Waals surface area contributed by atoms with E-state index in [1.54, 1.807) is 7.11 Å². The zero-order valence-corrected chi connectivity index (χ0v) is 9.88. The van der Waals surface area contributed by atoms with Crippen LogP contribution in [0.25, 0.3) is 0 Å². The van der Waals surface area contributed by atoms with Gasteiger partial charge in [0.05, 0.1) is 5.56 Å². The largest absolute Gasteiger partial charge is 0.416 e. The minimum atomic E-state index is -4.38. The van der Waals surface area contributed by atoms with E-state index in [-0.39, 0.29) is 11.5 Å². The van der Waals surface area contributed by atoms with Crippen molar-refractivity contribution in [3.05, 3.63) is 35.4 Å². The van der Waals surface area contributed by atoms with Crippen molar-refractivity contribution in [1.29, 1.82) is 0 Å². The first-order valence-corrected chi connectivity index (χ1v) is 5.39. The summed E-state index contributed by atoms with van der Waals surface area (Å²) in [6.07, 6.45) is -3.73. The maximum atomic E-state index is 12.3. The fourth-order valence-corrected chi connectivity index (χ4v) is 1.33. The molecule has 0 heterocycles. The summed E-state index contributed by atoms with van der Waals surface area (Å²) in [6.45, 7) is 0.945. The lowest BCUT2D eigenvalue weighted by atomic mass is 10.1. The summed E-state index contributed by atoms with van der Waals surface area (Å²) in [5.41, 5.74) is -0.557. The molecule has 0 atom stereocenters. The van der Waals surface area contributed by atoms with Crippen molar-refractivity contribution in [1.82, 2.24) is 5.32 Å². The van der Waals surface area contributed by atoms with Crippen molar-refractivity contribution in [2.75, 3.05) is 20.3 Å². The van der Waals surface area contributed by atoms with E-state index >= 15 is 0 Å². The molecule has 0 aliphatic carbocycles. The van der Waals surface area contributed by atoms with Gasteiger partial charge in [-0.2, -0.15) is 13.2 Å². The average Bonchev–Trinajstić information content (AvgIpc) is 2.33. The molecule has 1 aromatic carbocycles. The number of carbonyl (C=O) groups is 1. The molecule has 0 fully saturated rings. The topological polar surface area (TPSA) is 38.3 Å². The van der Waals surface area contributed by atoms with Crippen LogP contribution in [-0.4, -0.2) is 26.2 Å². The van der Waals surface area contributed by atoms with Gasteiger partial charge in [-0.25, -0.2) is 0 Å². The maximum Gasteiger partial charge on any atom is 0.416 e. The maximum absolute atomic E-state index is 12.3. The third-order valence-electron chi connectivity index (χ3n) is 2.29. The molecule has 1 amide bonds. The van der Waals surface area contributed by atoms with Crippen LogP contribution in [0, 0.1) is 0 Å². The van der Waals surface area contributed by atoms with Crippen LogP contribution in [0.1, 0.15) is 22.3 Å². The fourth-order valence-electron chi connectivity index (χ4n) is 1.33. The van der Waals surface area contributed by atoms with Crippen LogP contribution >= 0.6 is 0 Å². The van der Waals surface area contributed by atoms with E-state index in [2.05, 4.69) is 5.32 Å². The van der Waals surface area contributed by atoms with Crippen LogP contribution < -0.4 is 5.32 Å². The normalized spacial score (nSPS) is 11.3. The minimum absolute atomic E-state index is 0.209. The Labute approximate surface area is 103 Å². The number of hydrogen-bond donors (Lipinski definition) is 1. The number of ether oxygens (including phenoxy) is 1. The van der Waals surface area contributed by atoms with Crippen molar-refractivity contribution in [3.8, 4) is 0 Å². The highest BCUT2D eigenvalue weighted by molar-refractivity contribution is 5.94. The van der Waals surface area contributed by atoms with E-state index < -0.39 is 11.7 Å². The van der Waals surface area contributed by atoms with Crippen molar-refractivity contribution >= 4 is 5.91 Å². The molecular formula is C12H14F3NO2.